The Bertz CT molecular complexity index is 1070. The highest BCUT2D eigenvalue weighted by molar-refractivity contribution is 7.92. The minimum atomic E-state index is -3.25. The van der Waals surface area contributed by atoms with E-state index >= 15 is 0 Å². The van der Waals surface area contributed by atoms with Gasteiger partial charge in [-0.2, -0.15) is 5.10 Å². The molecule has 1 aliphatic heterocycles. The summed E-state index contributed by atoms with van der Waals surface area (Å²) in [6, 6.07) is 7.71. The number of H-pyrrole nitrogens is 1. The summed E-state index contributed by atoms with van der Waals surface area (Å²) < 4.78 is 30.7. The number of fused-ring (bicyclic) bond motifs is 1. The SMILES string of the molecule is CC(C)NC(=O)OC1CCC(c2cc(Nc3ccc4c(c3)CCN4S(C)(=O)=O)n[nH]2)C1. The molecule has 168 valence electrons. The van der Waals surface area contributed by atoms with Crippen LogP contribution < -0.4 is 14.9 Å². The smallest absolute Gasteiger partial charge is 0.407 e. The molecule has 2 aromatic rings. The van der Waals surface area contributed by atoms with Crippen molar-refractivity contribution in [2.75, 3.05) is 22.4 Å². The molecule has 31 heavy (non-hydrogen) atoms. The van der Waals surface area contributed by atoms with Gasteiger partial charge in [-0.15, -0.1) is 0 Å². The highest BCUT2D eigenvalue weighted by Gasteiger charge is 2.30. The molecule has 10 heteroatoms. The minimum Gasteiger partial charge on any atom is -0.446 e. The number of nitrogens with zero attached hydrogens (tertiary/aromatic N) is 2. The average Bonchev–Trinajstić information content (AvgIpc) is 3.39. The fraction of sp³-hybridized carbons (Fsp3) is 0.524. The van der Waals surface area contributed by atoms with Gasteiger partial charge in [0.1, 0.15) is 6.10 Å². The number of aromatic nitrogens is 2. The number of nitrogens with one attached hydrogen (secondary N) is 3. The van der Waals surface area contributed by atoms with Gasteiger partial charge in [-0.3, -0.25) is 9.40 Å². The van der Waals surface area contributed by atoms with Crippen LogP contribution in [0.2, 0.25) is 0 Å². The number of benzene rings is 1. The van der Waals surface area contributed by atoms with Gasteiger partial charge < -0.3 is 15.4 Å². The van der Waals surface area contributed by atoms with Crippen molar-refractivity contribution in [2.24, 2.45) is 0 Å². The van der Waals surface area contributed by atoms with Crippen LogP contribution in [-0.4, -0.2) is 49.7 Å². The molecule has 0 spiro atoms. The summed E-state index contributed by atoms with van der Waals surface area (Å²) in [5.41, 5.74) is 3.63. The van der Waals surface area contributed by atoms with E-state index in [9.17, 15) is 13.2 Å². The minimum absolute atomic E-state index is 0.0552. The van der Waals surface area contributed by atoms with Crippen LogP contribution in [0.5, 0.6) is 0 Å². The van der Waals surface area contributed by atoms with Gasteiger partial charge in [0.15, 0.2) is 5.82 Å². The molecular formula is C21H29N5O4S. The molecule has 0 radical (unpaired) electrons. The molecule has 9 nitrogen and oxygen atoms in total. The Hall–Kier alpha value is -2.75. The molecule has 3 N–H and O–H groups in total. The van der Waals surface area contributed by atoms with Crippen molar-refractivity contribution in [3.8, 4) is 0 Å². The van der Waals surface area contributed by atoms with Gasteiger partial charge in [-0.25, -0.2) is 13.2 Å². The van der Waals surface area contributed by atoms with Crippen molar-refractivity contribution >= 4 is 33.3 Å². The number of hydrogen-bond acceptors (Lipinski definition) is 6. The molecule has 1 fully saturated rings. The Kier molecular flexibility index (Phi) is 5.83. The first-order valence-corrected chi connectivity index (χ1v) is 12.4. The summed E-state index contributed by atoms with van der Waals surface area (Å²) in [5, 5.41) is 13.5. The summed E-state index contributed by atoms with van der Waals surface area (Å²) in [7, 11) is -3.25. The Morgan fingerprint density at radius 2 is 2.10 bits per heavy atom. The fourth-order valence-electron chi connectivity index (χ4n) is 4.30. The third-order valence-electron chi connectivity index (χ3n) is 5.71. The molecule has 0 bridgehead atoms. The predicted molar refractivity (Wildman–Crippen MR) is 119 cm³/mol. The van der Waals surface area contributed by atoms with E-state index in [1.165, 1.54) is 10.6 Å². The van der Waals surface area contributed by atoms with E-state index in [-0.39, 0.29) is 24.2 Å². The van der Waals surface area contributed by atoms with Crippen molar-refractivity contribution < 1.29 is 17.9 Å². The van der Waals surface area contributed by atoms with Crippen molar-refractivity contribution in [1.29, 1.82) is 0 Å². The molecule has 2 unspecified atom stereocenters. The zero-order valence-corrected chi connectivity index (χ0v) is 18.8. The maximum Gasteiger partial charge on any atom is 0.407 e. The lowest BCUT2D eigenvalue weighted by molar-refractivity contribution is 0.0981. The lowest BCUT2D eigenvalue weighted by atomic mass is 10.0. The average molecular weight is 448 g/mol. The zero-order chi connectivity index (χ0) is 22.2. The highest BCUT2D eigenvalue weighted by atomic mass is 32.2. The Balaban J connectivity index is 1.37. The molecule has 0 saturated heterocycles. The van der Waals surface area contributed by atoms with Crippen molar-refractivity contribution in [3.05, 3.63) is 35.5 Å². The van der Waals surface area contributed by atoms with Gasteiger partial charge in [-0.1, -0.05) is 0 Å². The van der Waals surface area contributed by atoms with Crippen LogP contribution in [0, 0.1) is 0 Å². The van der Waals surface area contributed by atoms with Crippen molar-refractivity contribution in [1.82, 2.24) is 15.5 Å². The van der Waals surface area contributed by atoms with Crippen LogP contribution in [0.15, 0.2) is 24.3 Å². The molecule has 2 aliphatic rings. The molecule has 1 amide bonds. The lowest BCUT2D eigenvalue weighted by Crippen LogP contribution is -2.33. The first-order valence-electron chi connectivity index (χ1n) is 10.6. The van der Waals surface area contributed by atoms with E-state index in [4.69, 9.17) is 4.74 Å². The summed E-state index contributed by atoms with van der Waals surface area (Å²) >= 11 is 0. The first kappa shape index (κ1) is 21.5. The second-order valence-electron chi connectivity index (χ2n) is 8.60. The number of ether oxygens (including phenoxy) is 1. The number of aromatic amines is 1. The monoisotopic (exact) mass is 447 g/mol. The topological polar surface area (TPSA) is 116 Å². The molecular weight excluding hydrogens is 418 g/mol. The van der Waals surface area contributed by atoms with Crippen LogP contribution in [-0.2, 0) is 21.2 Å². The molecule has 4 rings (SSSR count). The fourth-order valence-corrected chi connectivity index (χ4v) is 5.26. The standard InChI is InChI=1S/C21H29N5O4S/c1-13(2)22-21(27)30-17-6-4-14(11-17)18-12-20(25-24-18)23-16-5-7-19-15(10-16)8-9-26(19)31(3,28)29/h5,7,10,12-14,17H,4,6,8-9,11H2,1-3H3,(H,22,27)(H2,23,24,25). The normalized spacial score (nSPS) is 20.7. The molecule has 2 atom stereocenters. The molecule has 1 aromatic heterocycles. The van der Waals surface area contributed by atoms with Gasteiger partial charge in [0.05, 0.1) is 11.9 Å². The number of hydrogen-bond donors (Lipinski definition) is 3. The Morgan fingerprint density at radius 3 is 2.84 bits per heavy atom. The largest absolute Gasteiger partial charge is 0.446 e. The van der Waals surface area contributed by atoms with Crippen molar-refractivity contribution in [2.45, 2.75) is 57.6 Å². The van der Waals surface area contributed by atoms with Crippen LogP contribution in [0.25, 0.3) is 0 Å². The van der Waals surface area contributed by atoms with E-state index in [0.717, 1.165) is 41.9 Å². The molecule has 1 aliphatic carbocycles. The first-order chi connectivity index (χ1) is 14.7. The van der Waals surface area contributed by atoms with Gasteiger partial charge in [0.2, 0.25) is 10.0 Å². The van der Waals surface area contributed by atoms with Crippen LogP contribution in [0.1, 0.15) is 50.3 Å². The van der Waals surface area contributed by atoms with E-state index in [2.05, 4.69) is 20.8 Å². The van der Waals surface area contributed by atoms with E-state index < -0.39 is 10.0 Å². The van der Waals surface area contributed by atoms with Crippen LogP contribution in [0.4, 0.5) is 22.0 Å². The van der Waals surface area contributed by atoms with E-state index in [0.29, 0.717) is 18.8 Å². The Labute approximate surface area is 182 Å². The number of rotatable bonds is 6. The third kappa shape index (κ3) is 4.95. The van der Waals surface area contributed by atoms with Crippen molar-refractivity contribution in [3.63, 3.8) is 0 Å². The summed E-state index contributed by atoms with van der Waals surface area (Å²) in [6.45, 7) is 4.28. The highest BCUT2D eigenvalue weighted by Crippen LogP contribution is 2.37. The number of alkyl carbamates (subject to hydrolysis) is 1. The molecule has 1 aromatic carbocycles. The van der Waals surface area contributed by atoms with Crippen LogP contribution in [0.3, 0.4) is 0 Å². The van der Waals surface area contributed by atoms with Gasteiger partial charge in [0, 0.05) is 36.0 Å². The second kappa shape index (κ2) is 8.41. The maximum absolute atomic E-state index is 11.9. The number of sulfonamides is 1. The molecule has 2 heterocycles. The zero-order valence-electron chi connectivity index (χ0n) is 18.0. The van der Waals surface area contributed by atoms with Gasteiger partial charge in [-0.05, 0) is 63.3 Å². The summed E-state index contributed by atoms with van der Waals surface area (Å²) in [4.78, 5) is 11.8. The Morgan fingerprint density at radius 1 is 1.29 bits per heavy atom. The maximum atomic E-state index is 11.9. The number of carbonyl (C=O) groups excluding carboxylic acids is 1. The second-order valence-corrected chi connectivity index (χ2v) is 10.5. The van der Waals surface area contributed by atoms with E-state index in [1.54, 1.807) is 0 Å². The predicted octanol–water partition coefficient (Wildman–Crippen LogP) is 3.25. The summed E-state index contributed by atoms with van der Waals surface area (Å²) in [5.74, 6) is 0.970. The lowest BCUT2D eigenvalue weighted by Gasteiger charge is -2.16. The number of carbonyl (C=O) groups is 1. The van der Waals surface area contributed by atoms with Gasteiger partial charge >= 0.3 is 6.09 Å². The number of anilines is 3. The third-order valence-corrected chi connectivity index (χ3v) is 6.89. The molecule has 1 saturated carbocycles. The van der Waals surface area contributed by atoms with E-state index in [1.807, 2.05) is 38.1 Å². The van der Waals surface area contributed by atoms with Gasteiger partial charge in [0.25, 0.3) is 0 Å². The summed E-state index contributed by atoms with van der Waals surface area (Å²) in [6.07, 6.45) is 4.01. The van der Waals surface area contributed by atoms with Crippen LogP contribution >= 0.6 is 0 Å². The quantitative estimate of drug-likeness (QED) is 0.626. The number of amides is 1.